The molecule has 1 saturated heterocycles. The quantitative estimate of drug-likeness (QED) is 0.561. The third kappa shape index (κ3) is 4.02. The highest BCUT2D eigenvalue weighted by molar-refractivity contribution is 5.60. The van der Waals surface area contributed by atoms with E-state index in [1.165, 1.54) is 11.0 Å². The maximum atomic E-state index is 14.8. The Bertz CT molecular complexity index is 896. The van der Waals surface area contributed by atoms with E-state index in [1.807, 2.05) is 29.2 Å². The number of ether oxygens (including phenoxy) is 1. The van der Waals surface area contributed by atoms with Crippen LogP contribution in [0.5, 0.6) is 0 Å². The van der Waals surface area contributed by atoms with Crippen LogP contribution in [-0.2, 0) is 17.7 Å². The first-order valence-corrected chi connectivity index (χ1v) is 9.70. The number of nitrogens with zero attached hydrogens (tertiary/aromatic N) is 2. The SMILES string of the molecule is Fc1c(F)c(N2CCc3ccccc3C2)c(F)c(F)c1/C=C/CN1CCOCC1. The monoisotopic (exact) mass is 406 g/mol. The summed E-state index contributed by atoms with van der Waals surface area (Å²) in [5.41, 5.74) is 0.648. The number of halogens is 4. The number of anilines is 1. The molecule has 29 heavy (non-hydrogen) atoms. The minimum Gasteiger partial charge on any atom is -0.379 e. The molecule has 1 fully saturated rings. The lowest BCUT2D eigenvalue weighted by Gasteiger charge is -2.31. The van der Waals surface area contributed by atoms with Crippen LogP contribution < -0.4 is 4.90 Å². The van der Waals surface area contributed by atoms with Gasteiger partial charge in [0, 0.05) is 32.7 Å². The fraction of sp³-hybridized carbons (Fsp3) is 0.364. The van der Waals surface area contributed by atoms with Crippen LogP contribution in [0.4, 0.5) is 23.2 Å². The fourth-order valence-electron chi connectivity index (χ4n) is 3.85. The van der Waals surface area contributed by atoms with E-state index >= 15 is 0 Å². The number of morpholine rings is 1. The molecule has 2 heterocycles. The molecule has 0 aliphatic carbocycles. The Hall–Kier alpha value is -2.38. The van der Waals surface area contributed by atoms with Crippen LogP contribution >= 0.6 is 0 Å². The molecule has 0 atom stereocenters. The molecule has 0 aromatic heterocycles. The van der Waals surface area contributed by atoms with Crippen LogP contribution in [0.15, 0.2) is 30.3 Å². The molecule has 4 rings (SSSR count). The van der Waals surface area contributed by atoms with Crippen molar-refractivity contribution in [3.8, 4) is 0 Å². The van der Waals surface area contributed by atoms with E-state index in [2.05, 4.69) is 0 Å². The number of benzene rings is 2. The summed E-state index contributed by atoms with van der Waals surface area (Å²) in [4.78, 5) is 3.39. The molecule has 3 nitrogen and oxygen atoms in total. The summed E-state index contributed by atoms with van der Waals surface area (Å²) in [5, 5.41) is 0. The van der Waals surface area contributed by atoms with Gasteiger partial charge in [-0.2, -0.15) is 0 Å². The largest absolute Gasteiger partial charge is 0.379 e. The van der Waals surface area contributed by atoms with Crippen molar-refractivity contribution >= 4 is 11.8 Å². The second-order valence-electron chi connectivity index (χ2n) is 7.27. The number of fused-ring (bicyclic) bond motifs is 1. The normalized spacial score (nSPS) is 17.7. The van der Waals surface area contributed by atoms with E-state index in [4.69, 9.17) is 4.74 Å². The summed E-state index contributed by atoms with van der Waals surface area (Å²) >= 11 is 0. The average Bonchev–Trinajstić information content (AvgIpc) is 2.75. The predicted molar refractivity (Wildman–Crippen MR) is 104 cm³/mol. The highest BCUT2D eigenvalue weighted by Crippen LogP contribution is 2.34. The standard InChI is InChI=1S/C22H22F4N2O/c23-18-17(6-3-8-27-10-12-29-13-11-27)19(24)21(26)22(20(18)25)28-9-7-15-4-1-2-5-16(15)14-28/h1-6H,7-14H2/b6-3+. The number of hydrogen-bond donors (Lipinski definition) is 0. The molecule has 0 N–H and O–H groups in total. The van der Waals surface area contributed by atoms with Gasteiger partial charge < -0.3 is 9.64 Å². The molecule has 0 saturated carbocycles. The maximum absolute atomic E-state index is 14.8. The molecule has 2 aromatic carbocycles. The molecule has 2 aliphatic rings. The zero-order valence-electron chi connectivity index (χ0n) is 15.9. The van der Waals surface area contributed by atoms with Gasteiger partial charge in [-0.25, -0.2) is 17.6 Å². The Morgan fingerprint density at radius 1 is 0.862 bits per heavy atom. The third-order valence-corrected chi connectivity index (χ3v) is 5.47. The Morgan fingerprint density at radius 2 is 1.52 bits per heavy atom. The van der Waals surface area contributed by atoms with E-state index in [9.17, 15) is 17.6 Å². The van der Waals surface area contributed by atoms with Gasteiger partial charge in [-0.15, -0.1) is 0 Å². The summed E-state index contributed by atoms with van der Waals surface area (Å²) < 4.78 is 64.0. The van der Waals surface area contributed by atoms with Crippen LogP contribution in [0.1, 0.15) is 16.7 Å². The molecule has 0 spiro atoms. The Labute approximate surface area is 167 Å². The van der Waals surface area contributed by atoms with Crippen molar-refractivity contribution < 1.29 is 22.3 Å². The molecule has 2 aliphatic heterocycles. The van der Waals surface area contributed by atoms with Crippen molar-refractivity contribution in [1.82, 2.24) is 4.90 Å². The van der Waals surface area contributed by atoms with Crippen molar-refractivity contribution in [2.75, 3.05) is 44.3 Å². The second-order valence-corrected chi connectivity index (χ2v) is 7.27. The molecular weight excluding hydrogens is 384 g/mol. The minimum absolute atomic E-state index is 0.203. The van der Waals surface area contributed by atoms with Gasteiger partial charge in [0.05, 0.1) is 18.8 Å². The maximum Gasteiger partial charge on any atom is 0.185 e. The van der Waals surface area contributed by atoms with Gasteiger partial charge >= 0.3 is 0 Å². The number of hydrogen-bond acceptors (Lipinski definition) is 3. The van der Waals surface area contributed by atoms with Gasteiger partial charge in [-0.3, -0.25) is 4.90 Å². The van der Waals surface area contributed by atoms with E-state index in [0.29, 0.717) is 39.3 Å². The smallest absolute Gasteiger partial charge is 0.185 e. The first-order chi connectivity index (χ1) is 14.1. The highest BCUT2D eigenvalue weighted by Gasteiger charge is 2.29. The zero-order valence-corrected chi connectivity index (χ0v) is 15.9. The van der Waals surface area contributed by atoms with Crippen molar-refractivity contribution in [3.63, 3.8) is 0 Å². The molecule has 0 amide bonds. The first-order valence-electron chi connectivity index (χ1n) is 9.70. The summed E-state index contributed by atoms with van der Waals surface area (Å²) in [6.07, 6.45) is 3.18. The lowest BCUT2D eigenvalue weighted by Crippen LogP contribution is -2.36. The molecule has 0 bridgehead atoms. The first kappa shape index (κ1) is 19.9. The Kier molecular flexibility index (Phi) is 5.87. The molecule has 2 aromatic rings. The predicted octanol–water partition coefficient (Wildman–Crippen LogP) is 4.15. The van der Waals surface area contributed by atoms with Crippen LogP contribution in [0.25, 0.3) is 6.08 Å². The summed E-state index contributed by atoms with van der Waals surface area (Å²) in [5.74, 6) is -5.43. The average molecular weight is 406 g/mol. The number of rotatable bonds is 4. The lowest BCUT2D eigenvalue weighted by atomic mass is 9.99. The zero-order chi connectivity index (χ0) is 20.4. The third-order valence-electron chi connectivity index (χ3n) is 5.47. The molecule has 154 valence electrons. The van der Waals surface area contributed by atoms with E-state index in [-0.39, 0.29) is 13.1 Å². The Balaban J connectivity index is 1.59. The van der Waals surface area contributed by atoms with Gasteiger partial charge in [-0.1, -0.05) is 36.4 Å². The minimum atomic E-state index is -1.36. The van der Waals surface area contributed by atoms with Crippen LogP contribution in [0, 0.1) is 23.3 Å². The van der Waals surface area contributed by atoms with E-state index in [0.717, 1.165) is 17.2 Å². The van der Waals surface area contributed by atoms with E-state index < -0.39 is 34.5 Å². The highest BCUT2D eigenvalue weighted by atomic mass is 19.2. The molecule has 7 heteroatoms. The van der Waals surface area contributed by atoms with Gasteiger partial charge in [0.15, 0.2) is 23.3 Å². The molecule has 0 radical (unpaired) electrons. The Morgan fingerprint density at radius 3 is 2.21 bits per heavy atom. The van der Waals surface area contributed by atoms with Gasteiger partial charge in [0.1, 0.15) is 5.69 Å². The van der Waals surface area contributed by atoms with Gasteiger partial charge in [0.2, 0.25) is 0 Å². The summed E-state index contributed by atoms with van der Waals surface area (Å²) in [7, 11) is 0. The lowest BCUT2D eigenvalue weighted by molar-refractivity contribution is 0.0435. The van der Waals surface area contributed by atoms with Gasteiger partial charge in [0.25, 0.3) is 0 Å². The van der Waals surface area contributed by atoms with Crippen molar-refractivity contribution in [2.45, 2.75) is 13.0 Å². The van der Waals surface area contributed by atoms with Crippen LogP contribution in [0.3, 0.4) is 0 Å². The van der Waals surface area contributed by atoms with E-state index in [1.54, 1.807) is 0 Å². The molecular formula is C22H22F4N2O. The fourth-order valence-corrected chi connectivity index (χ4v) is 3.85. The van der Waals surface area contributed by atoms with Gasteiger partial charge in [-0.05, 0) is 17.5 Å². The van der Waals surface area contributed by atoms with Crippen molar-refractivity contribution in [3.05, 3.63) is 70.3 Å². The van der Waals surface area contributed by atoms with Crippen molar-refractivity contribution in [1.29, 1.82) is 0 Å². The van der Waals surface area contributed by atoms with Crippen molar-refractivity contribution in [2.24, 2.45) is 0 Å². The summed E-state index contributed by atoms with van der Waals surface area (Å²) in [6, 6.07) is 7.53. The summed E-state index contributed by atoms with van der Waals surface area (Å²) in [6.45, 7) is 3.50. The van der Waals surface area contributed by atoms with Crippen LogP contribution in [0.2, 0.25) is 0 Å². The molecule has 0 unspecified atom stereocenters. The second kappa shape index (κ2) is 8.55. The van der Waals surface area contributed by atoms with Crippen LogP contribution in [-0.4, -0.2) is 44.3 Å². The topological polar surface area (TPSA) is 15.7 Å².